The number of hydrogen-bond acceptors (Lipinski definition) is 14. The van der Waals surface area contributed by atoms with Gasteiger partial charge in [0.1, 0.15) is 30.3 Å². The molecule has 5 rings (SSSR count). The highest BCUT2D eigenvalue weighted by atomic mass is 16.7. The van der Waals surface area contributed by atoms with E-state index in [4.69, 9.17) is 33.2 Å². The van der Waals surface area contributed by atoms with Crippen LogP contribution in [0.25, 0.3) is 0 Å². The predicted octanol–water partition coefficient (Wildman–Crippen LogP) is 3.11. The van der Waals surface area contributed by atoms with E-state index < -0.39 is 107 Å². The number of rotatable bonds is 9. The van der Waals surface area contributed by atoms with Gasteiger partial charge in [-0.15, -0.1) is 0 Å². The van der Waals surface area contributed by atoms with Crippen LogP contribution in [0.2, 0.25) is 0 Å². The Labute approximate surface area is 294 Å². The molecule has 1 saturated heterocycles. The molecular weight excluding hydrogens is 668 g/mol. The van der Waals surface area contributed by atoms with E-state index in [1.807, 2.05) is 0 Å². The molecule has 1 spiro atoms. The molecule has 0 radical (unpaired) electrons. The summed E-state index contributed by atoms with van der Waals surface area (Å²) in [7, 11) is 0. The van der Waals surface area contributed by atoms with Crippen LogP contribution in [-0.2, 0) is 52.3 Å². The molecule has 1 unspecified atom stereocenters. The van der Waals surface area contributed by atoms with Crippen LogP contribution in [0.4, 0.5) is 0 Å². The SMILES string of the molecule is CC(=O)OC[C@@]12[C@H](OC(=O)c3ccccc3)[C@@H](OC(C)=O)[C@@H]3C(OC(=O)c4ccccc4)[C@]1(OC3(C)C)[C@@](C)(O)C[C@H](OC(C)=O)[C@@H]2OC(C)=O. The van der Waals surface area contributed by atoms with E-state index in [-0.39, 0.29) is 11.1 Å². The number of fused-ring (bicyclic) bond motifs is 1. The van der Waals surface area contributed by atoms with Gasteiger partial charge in [-0.25, -0.2) is 9.59 Å². The molecule has 1 N–H and O–H groups in total. The van der Waals surface area contributed by atoms with Crippen LogP contribution in [0, 0.1) is 11.3 Å². The first-order chi connectivity index (χ1) is 23.9. The molecule has 14 heteroatoms. The molecule has 2 saturated carbocycles. The zero-order valence-corrected chi connectivity index (χ0v) is 29.4. The Hall–Kier alpha value is -4.82. The van der Waals surface area contributed by atoms with Gasteiger partial charge < -0.3 is 38.3 Å². The molecule has 1 aliphatic heterocycles. The zero-order valence-electron chi connectivity index (χ0n) is 29.4. The van der Waals surface area contributed by atoms with Crippen LogP contribution in [0.15, 0.2) is 60.7 Å². The van der Waals surface area contributed by atoms with Gasteiger partial charge in [-0.3, -0.25) is 19.2 Å². The van der Waals surface area contributed by atoms with Gasteiger partial charge in [-0.1, -0.05) is 36.4 Å². The summed E-state index contributed by atoms with van der Waals surface area (Å²) in [4.78, 5) is 79.2. The molecule has 0 amide bonds. The van der Waals surface area contributed by atoms with Crippen molar-refractivity contribution in [1.29, 1.82) is 0 Å². The number of ether oxygens (including phenoxy) is 7. The highest BCUT2D eigenvalue weighted by molar-refractivity contribution is 5.90. The van der Waals surface area contributed by atoms with Crippen LogP contribution < -0.4 is 0 Å². The van der Waals surface area contributed by atoms with E-state index in [9.17, 15) is 33.9 Å². The number of hydrogen-bond donors (Lipinski definition) is 1. The van der Waals surface area contributed by atoms with Gasteiger partial charge in [-0.05, 0) is 45.0 Å². The average Bonchev–Trinajstić information content (AvgIpc) is 3.25. The Morgan fingerprint density at radius 3 is 1.63 bits per heavy atom. The maximum atomic E-state index is 14.0. The van der Waals surface area contributed by atoms with E-state index in [0.717, 1.165) is 27.7 Å². The molecule has 274 valence electrons. The van der Waals surface area contributed by atoms with Crippen LogP contribution in [0.1, 0.15) is 75.6 Å². The summed E-state index contributed by atoms with van der Waals surface area (Å²) in [6.07, 6.45) is -8.54. The van der Waals surface area contributed by atoms with E-state index >= 15 is 0 Å². The molecular formula is C37H42O14. The number of benzene rings is 2. The summed E-state index contributed by atoms with van der Waals surface area (Å²) in [5.41, 5.74) is -8.04. The van der Waals surface area contributed by atoms with Gasteiger partial charge in [-0.2, -0.15) is 0 Å². The number of carbonyl (C=O) groups excluding carboxylic acids is 6. The lowest BCUT2D eigenvalue weighted by atomic mass is 9.45. The number of aliphatic hydroxyl groups is 1. The molecule has 2 aliphatic carbocycles. The Balaban J connectivity index is 1.90. The molecule has 51 heavy (non-hydrogen) atoms. The molecule has 9 atom stereocenters. The van der Waals surface area contributed by atoms with Crippen molar-refractivity contribution in [2.45, 2.75) is 102 Å². The smallest absolute Gasteiger partial charge is 0.338 e. The summed E-state index contributed by atoms with van der Waals surface area (Å²) < 4.78 is 42.8. The highest BCUT2D eigenvalue weighted by Crippen LogP contribution is 2.69. The van der Waals surface area contributed by atoms with Crippen molar-refractivity contribution < 1.29 is 67.0 Å². The van der Waals surface area contributed by atoms with Crippen molar-refractivity contribution in [3.8, 4) is 0 Å². The second-order valence-corrected chi connectivity index (χ2v) is 13.9. The summed E-state index contributed by atoms with van der Waals surface area (Å²) in [5.74, 6) is -6.35. The lowest BCUT2D eigenvalue weighted by molar-refractivity contribution is -0.362. The first-order valence-corrected chi connectivity index (χ1v) is 16.5. The van der Waals surface area contributed by atoms with Crippen molar-refractivity contribution in [1.82, 2.24) is 0 Å². The van der Waals surface area contributed by atoms with Gasteiger partial charge in [0, 0.05) is 34.1 Å². The topological polar surface area (TPSA) is 187 Å². The fraction of sp³-hybridized carbons (Fsp3) is 0.514. The predicted molar refractivity (Wildman–Crippen MR) is 174 cm³/mol. The van der Waals surface area contributed by atoms with Gasteiger partial charge >= 0.3 is 35.8 Å². The summed E-state index contributed by atoms with van der Waals surface area (Å²) in [6, 6.07) is 15.8. The molecule has 14 nitrogen and oxygen atoms in total. The normalized spacial score (nSPS) is 33.1. The zero-order chi connectivity index (χ0) is 37.5. The number of carbonyl (C=O) groups is 6. The number of esters is 6. The van der Waals surface area contributed by atoms with Crippen molar-refractivity contribution in [2.75, 3.05) is 6.61 Å². The summed E-state index contributed by atoms with van der Waals surface area (Å²) in [6.45, 7) is 8.14. The molecule has 0 aromatic heterocycles. The molecule has 2 aromatic rings. The van der Waals surface area contributed by atoms with Crippen molar-refractivity contribution in [3.63, 3.8) is 0 Å². The molecule has 3 aliphatic rings. The lowest BCUT2D eigenvalue weighted by Crippen LogP contribution is -2.85. The Morgan fingerprint density at radius 1 is 0.667 bits per heavy atom. The Kier molecular flexibility index (Phi) is 10.1. The van der Waals surface area contributed by atoms with Crippen molar-refractivity contribution >= 4 is 35.8 Å². The first kappa shape index (κ1) is 37.4. The second kappa shape index (κ2) is 13.7. The molecule has 2 bridgehead atoms. The highest BCUT2D eigenvalue weighted by Gasteiger charge is 2.89. The summed E-state index contributed by atoms with van der Waals surface area (Å²) >= 11 is 0. The van der Waals surface area contributed by atoms with Gasteiger partial charge in [0.05, 0.1) is 28.2 Å². The standard InChI is InChI=1S/C37H42O14/c1-20(38)45-19-36-29(48-23(4)41)26(46-21(2)39)18-35(7,44)37(36)30(49-32(42)24-14-10-8-11-15-24)27(34(5,6)51-37)28(47-22(3)40)31(36)50-33(43)25-16-12-9-13-17-25/h8-17,26-31,44H,18-19H2,1-7H3/t26-,27+,28-,29-,30?,31+,35-,36+,37-/m0/s1. The van der Waals surface area contributed by atoms with E-state index in [1.165, 1.54) is 31.2 Å². The van der Waals surface area contributed by atoms with Crippen LogP contribution >= 0.6 is 0 Å². The van der Waals surface area contributed by atoms with Crippen molar-refractivity contribution in [2.24, 2.45) is 11.3 Å². The van der Waals surface area contributed by atoms with E-state index in [0.29, 0.717) is 0 Å². The average molecular weight is 711 g/mol. The minimum absolute atomic E-state index is 0.0732. The van der Waals surface area contributed by atoms with E-state index in [2.05, 4.69) is 0 Å². The third-order valence-electron chi connectivity index (χ3n) is 9.96. The van der Waals surface area contributed by atoms with Gasteiger partial charge in [0.25, 0.3) is 0 Å². The monoisotopic (exact) mass is 710 g/mol. The van der Waals surface area contributed by atoms with Crippen molar-refractivity contribution in [3.05, 3.63) is 71.8 Å². The van der Waals surface area contributed by atoms with Crippen LogP contribution in [0.5, 0.6) is 0 Å². The second-order valence-electron chi connectivity index (χ2n) is 13.9. The molecule has 2 aromatic carbocycles. The quantitative estimate of drug-likeness (QED) is 0.295. The summed E-state index contributed by atoms with van der Waals surface area (Å²) in [5, 5.41) is 12.8. The van der Waals surface area contributed by atoms with Crippen LogP contribution in [-0.4, -0.2) is 94.9 Å². The van der Waals surface area contributed by atoms with Gasteiger partial charge in [0.15, 0.2) is 17.8 Å². The van der Waals surface area contributed by atoms with Crippen LogP contribution in [0.3, 0.4) is 0 Å². The minimum atomic E-state index is -2.30. The van der Waals surface area contributed by atoms with E-state index in [1.54, 1.807) is 50.2 Å². The third kappa shape index (κ3) is 6.46. The lowest BCUT2D eigenvalue weighted by Gasteiger charge is -2.66. The minimum Gasteiger partial charge on any atom is -0.465 e. The maximum Gasteiger partial charge on any atom is 0.338 e. The largest absolute Gasteiger partial charge is 0.465 e. The Morgan fingerprint density at radius 2 is 1.16 bits per heavy atom. The third-order valence-corrected chi connectivity index (χ3v) is 9.96. The maximum absolute atomic E-state index is 14.0. The molecule has 1 heterocycles. The Bertz CT molecular complexity index is 1690. The fourth-order valence-corrected chi connectivity index (χ4v) is 8.39. The molecule has 3 fully saturated rings. The van der Waals surface area contributed by atoms with Gasteiger partial charge in [0.2, 0.25) is 0 Å². The first-order valence-electron chi connectivity index (χ1n) is 16.5. The fourth-order valence-electron chi connectivity index (χ4n) is 8.39.